The molecule has 0 amide bonds. The lowest BCUT2D eigenvalue weighted by Crippen LogP contribution is -2.04. The first-order chi connectivity index (χ1) is 8.29. The van der Waals surface area contributed by atoms with Crippen LogP contribution in [0.2, 0.25) is 0 Å². The maximum Gasteiger partial charge on any atom is 0.307 e. The van der Waals surface area contributed by atoms with Crippen LogP contribution < -0.4 is 0 Å². The van der Waals surface area contributed by atoms with Gasteiger partial charge in [-0.05, 0) is 11.4 Å². The average molecular weight is 316 g/mol. The monoisotopic (exact) mass is 315 g/mol. The summed E-state index contributed by atoms with van der Waals surface area (Å²) in [5.74, 6) is 0.453. The van der Waals surface area contributed by atoms with E-state index in [1.807, 2.05) is 17.5 Å². The maximum absolute atomic E-state index is 11.1. The quantitative estimate of drug-likeness (QED) is 0.628. The number of ether oxygens (including phenoxy) is 1. The van der Waals surface area contributed by atoms with Gasteiger partial charge in [0.1, 0.15) is 12.3 Å². The molecule has 2 aromatic rings. The molecule has 0 saturated carbocycles. The van der Waals surface area contributed by atoms with Crippen LogP contribution in [0.4, 0.5) is 0 Å². The molecule has 2 rings (SSSR count). The number of aromatic nitrogens is 1. The largest absolute Gasteiger partial charge is 0.459 e. The molecule has 0 fully saturated rings. The Morgan fingerprint density at radius 1 is 1.59 bits per heavy atom. The van der Waals surface area contributed by atoms with Crippen molar-refractivity contribution >= 4 is 33.2 Å². The predicted octanol–water partition coefficient (Wildman–Crippen LogP) is 3.23. The standard InChI is InChI=1S/C11H10BrNO3S/c12-4-3-11(14)15-7-8-6-9(16-13-8)10-2-1-5-17-10/h1-2,5-6H,3-4,7H2. The van der Waals surface area contributed by atoms with Crippen LogP contribution >= 0.6 is 27.3 Å². The number of carbonyl (C=O) groups is 1. The van der Waals surface area contributed by atoms with Gasteiger partial charge in [-0.1, -0.05) is 27.2 Å². The van der Waals surface area contributed by atoms with Gasteiger partial charge in [0.2, 0.25) is 0 Å². The second kappa shape index (κ2) is 5.97. The van der Waals surface area contributed by atoms with Crippen molar-refractivity contribution in [1.29, 1.82) is 0 Å². The number of hydrogen-bond donors (Lipinski definition) is 0. The Balaban J connectivity index is 1.93. The van der Waals surface area contributed by atoms with E-state index in [4.69, 9.17) is 9.26 Å². The fraction of sp³-hybridized carbons (Fsp3) is 0.273. The molecule has 6 heteroatoms. The van der Waals surface area contributed by atoms with E-state index in [-0.39, 0.29) is 12.6 Å². The topological polar surface area (TPSA) is 52.3 Å². The number of alkyl halides is 1. The van der Waals surface area contributed by atoms with Crippen molar-refractivity contribution in [3.8, 4) is 10.6 Å². The highest BCUT2D eigenvalue weighted by Gasteiger charge is 2.09. The normalized spacial score (nSPS) is 10.4. The number of esters is 1. The van der Waals surface area contributed by atoms with Gasteiger partial charge in [-0.3, -0.25) is 4.79 Å². The minimum Gasteiger partial charge on any atom is -0.459 e. The van der Waals surface area contributed by atoms with Crippen molar-refractivity contribution in [1.82, 2.24) is 5.16 Å². The molecule has 0 spiro atoms. The fourth-order valence-corrected chi connectivity index (χ4v) is 2.22. The Kier molecular flexibility index (Phi) is 4.33. The van der Waals surface area contributed by atoms with E-state index in [0.717, 1.165) is 4.88 Å². The first-order valence-electron chi connectivity index (χ1n) is 5.00. The Morgan fingerprint density at radius 3 is 3.18 bits per heavy atom. The zero-order valence-electron chi connectivity index (χ0n) is 8.89. The van der Waals surface area contributed by atoms with E-state index in [2.05, 4.69) is 21.1 Å². The van der Waals surface area contributed by atoms with Crippen LogP contribution in [0.25, 0.3) is 10.6 Å². The lowest BCUT2D eigenvalue weighted by Gasteiger charge is -1.98. The van der Waals surface area contributed by atoms with Gasteiger partial charge in [0, 0.05) is 11.4 Å². The van der Waals surface area contributed by atoms with Gasteiger partial charge < -0.3 is 9.26 Å². The van der Waals surface area contributed by atoms with Crippen LogP contribution in [-0.4, -0.2) is 16.5 Å². The van der Waals surface area contributed by atoms with Crippen molar-refractivity contribution in [2.24, 2.45) is 0 Å². The van der Waals surface area contributed by atoms with Crippen molar-refractivity contribution < 1.29 is 14.1 Å². The van der Waals surface area contributed by atoms with E-state index in [9.17, 15) is 4.79 Å². The average Bonchev–Trinajstić information content (AvgIpc) is 2.97. The van der Waals surface area contributed by atoms with E-state index >= 15 is 0 Å². The first-order valence-corrected chi connectivity index (χ1v) is 7.01. The van der Waals surface area contributed by atoms with Crippen LogP contribution in [-0.2, 0) is 16.1 Å². The van der Waals surface area contributed by atoms with Gasteiger partial charge in [-0.15, -0.1) is 11.3 Å². The lowest BCUT2D eigenvalue weighted by molar-refractivity contribution is -0.144. The summed E-state index contributed by atoms with van der Waals surface area (Å²) in [6.07, 6.45) is 0.357. The highest BCUT2D eigenvalue weighted by atomic mass is 79.9. The molecule has 0 aliphatic rings. The van der Waals surface area contributed by atoms with Gasteiger partial charge >= 0.3 is 5.97 Å². The molecule has 17 heavy (non-hydrogen) atoms. The van der Waals surface area contributed by atoms with Gasteiger partial charge in [-0.2, -0.15) is 0 Å². The van der Waals surface area contributed by atoms with Crippen molar-refractivity contribution in [2.75, 3.05) is 5.33 Å². The molecule has 0 saturated heterocycles. The van der Waals surface area contributed by atoms with Crippen LogP contribution in [0, 0.1) is 0 Å². The molecular formula is C11H10BrNO3S. The summed E-state index contributed by atoms with van der Waals surface area (Å²) in [6.45, 7) is 0.153. The number of nitrogens with zero attached hydrogens (tertiary/aromatic N) is 1. The molecule has 0 aromatic carbocycles. The third-order valence-electron chi connectivity index (χ3n) is 2.00. The minimum absolute atomic E-state index is 0.153. The molecular weight excluding hydrogens is 306 g/mol. The molecule has 0 radical (unpaired) electrons. The number of rotatable bonds is 5. The minimum atomic E-state index is -0.248. The van der Waals surface area contributed by atoms with Gasteiger partial charge in [0.15, 0.2) is 5.76 Å². The van der Waals surface area contributed by atoms with E-state index in [0.29, 0.717) is 23.2 Å². The molecule has 2 heterocycles. The summed E-state index contributed by atoms with van der Waals surface area (Å²) in [5.41, 5.74) is 0.622. The summed E-state index contributed by atoms with van der Waals surface area (Å²) in [5, 5.41) is 6.42. The molecule has 0 aliphatic heterocycles. The van der Waals surface area contributed by atoms with Crippen molar-refractivity contribution in [3.63, 3.8) is 0 Å². The van der Waals surface area contributed by atoms with Crippen molar-refractivity contribution in [2.45, 2.75) is 13.0 Å². The number of thiophene rings is 1. The molecule has 0 unspecified atom stereocenters. The Hall–Kier alpha value is -1.14. The predicted molar refractivity (Wildman–Crippen MR) is 68.0 cm³/mol. The first kappa shape index (κ1) is 12.3. The van der Waals surface area contributed by atoms with Gasteiger partial charge in [-0.25, -0.2) is 0 Å². The lowest BCUT2D eigenvalue weighted by atomic mass is 10.3. The van der Waals surface area contributed by atoms with Gasteiger partial charge in [0.05, 0.1) is 11.3 Å². The molecule has 0 N–H and O–H groups in total. The van der Waals surface area contributed by atoms with Crippen LogP contribution in [0.1, 0.15) is 12.1 Å². The third-order valence-corrected chi connectivity index (χ3v) is 3.28. The molecule has 0 aliphatic carbocycles. The second-order valence-corrected chi connectivity index (χ2v) is 5.00. The van der Waals surface area contributed by atoms with Gasteiger partial charge in [0.25, 0.3) is 0 Å². The van der Waals surface area contributed by atoms with Crippen LogP contribution in [0.5, 0.6) is 0 Å². The zero-order chi connectivity index (χ0) is 12.1. The van der Waals surface area contributed by atoms with Crippen molar-refractivity contribution in [3.05, 3.63) is 29.3 Å². The van der Waals surface area contributed by atoms with E-state index < -0.39 is 0 Å². The number of halogens is 1. The maximum atomic E-state index is 11.1. The third kappa shape index (κ3) is 3.41. The zero-order valence-corrected chi connectivity index (χ0v) is 11.3. The Morgan fingerprint density at radius 2 is 2.47 bits per heavy atom. The van der Waals surface area contributed by atoms with Crippen LogP contribution in [0.3, 0.4) is 0 Å². The number of hydrogen-bond acceptors (Lipinski definition) is 5. The summed E-state index contributed by atoms with van der Waals surface area (Å²) < 4.78 is 10.2. The summed E-state index contributed by atoms with van der Waals surface area (Å²) in [6, 6.07) is 5.68. The summed E-state index contributed by atoms with van der Waals surface area (Å²) in [4.78, 5) is 12.2. The summed E-state index contributed by atoms with van der Waals surface area (Å²) in [7, 11) is 0. The highest BCUT2D eigenvalue weighted by molar-refractivity contribution is 9.09. The Labute approximate surface area is 111 Å². The molecule has 0 bridgehead atoms. The number of carbonyl (C=O) groups excluding carboxylic acids is 1. The smallest absolute Gasteiger partial charge is 0.307 e. The molecule has 90 valence electrons. The van der Waals surface area contributed by atoms with Crippen LogP contribution in [0.15, 0.2) is 28.1 Å². The van der Waals surface area contributed by atoms with E-state index in [1.165, 1.54) is 0 Å². The molecule has 4 nitrogen and oxygen atoms in total. The Bertz CT molecular complexity index is 481. The molecule has 0 atom stereocenters. The molecule has 2 aromatic heterocycles. The summed E-state index contributed by atoms with van der Waals surface area (Å²) >= 11 is 4.75. The van der Waals surface area contributed by atoms with E-state index in [1.54, 1.807) is 17.4 Å². The fourth-order valence-electron chi connectivity index (χ4n) is 1.22. The highest BCUT2D eigenvalue weighted by Crippen LogP contribution is 2.25. The SMILES string of the molecule is O=C(CCBr)OCc1cc(-c2cccs2)on1. The second-order valence-electron chi connectivity index (χ2n) is 3.26.